The average molecular weight is 231 g/mol. The van der Waals surface area contributed by atoms with Crippen molar-refractivity contribution in [2.75, 3.05) is 6.54 Å². The van der Waals surface area contributed by atoms with Crippen molar-refractivity contribution in [1.82, 2.24) is 4.90 Å². The number of likely N-dealkylation sites (tertiary alicyclic amines) is 1. The van der Waals surface area contributed by atoms with Crippen LogP contribution in [0.2, 0.25) is 0 Å². The van der Waals surface area contributed by atoms with Gasteiger partial charge in [-0.2, -0.15) is 0 Å². The second-order valence-electron chi connectivity index (χ2n) is 5.29. The number of carbonyl (C=O) groups is 1. The van der Waals surface area contributed by atoms with Gasteiger partial charge in [-0.05, 0) is 30.2 Å². The number of amides is 1. The summed E-state index contributed by atoms with van der Waals surface area (Å²) in [6.07, 6.45) is 3.21. The van der Waals surface area contributed by atoms with Gasteiger partial charge in [-0.25, -0.2) is 0 Å². The SMILES string of the molecule is CC(C)C1CC(c2ccccc2)CCN1C=O. The van der Waals surface area contributed by atoms with Gasteiger partial charge in [0.15, 0.2) is 0 Å². The Balaban J connectivity index is 2.11. The minimum absolute atomic E-state index is 0.395. The number of benzene rings is 1. The molecule has 0 bridgehead atoms. The van der Waals surface area contributed by atoms with Crippen molar-refractivity contribution < 1.29 is 4.79 Å². The van der Waals surface area contributed by atoms with Crippen LogP contribution in [0.15, 0.2) is 30.3 Å². The van der Waals surface area contributed by atoms with Crippen LogP contribution in [0.25, 0.3) is 0 Å². The largest absolute Gasteiger partial charge is 0.342 e. The molecule has 17 heavy (non-hydrogen) atoms. The topological polar surface area (TPSA) is 20.3 Å². The van der Waals surface area contributed by atoms with E-state index in [1.807, 2.05) is 4.90 Å². The summed E-state index contributed by atoms with van der Waals surface area (Å²) in [7, 11) is 0. The van der Waals surface area contributed by atoms with Crippen LogP contribution >= 0.6 is 0 Å². The van der Waals surface area contributed by atoms with Crippen LogP contribution in [0.5, 0.6) is 0 Å². The van der Waals surface area contributed by atoms with Gasteiger partial charge in [0, 0.05) is 12.6 Å². The van der Waals surface area contributed by atoms with E-state index in [-0.39, 0.29) is 0 Å². The molecule has 92 valence electrons. The third-order valence-corrected chi connectivity index (χ3v) is 3.86. The number of hydrogen-bond acceptors (Lipinski definition) is 1. The lowest BCUT2D eigenvalue weighted by Gasteiger charge is -2.39. The third-order valence-electron chi connectivity index (χ3n) is 3.86. The summed E-state index contributed by atoms with van der Waals surface area (Å²) < 4.78 is 0. The van der Waals surface area contributed by atoms with Crippen LogP contribution in [0.1, 0.15) is 38.2 Å². The van der Waals surface area contributed by atoms with Gasteiger partial charge < -0.3 is 4.90 Å². The van der Waals surface area contributed by atoms with Crippen LogP contribution in [0, 0.1) is 5.92 Å². The Bertz CT molecular complexity index is 360. The summed E-state index contributed by atoms with van der Waals surface area (Å²) in [6.45, 7) is 5.30. The quantitative estimate of drug-likeness (QED) is 0.732. The van der Waals surface area contributed by atoms with Crippen molar-refractivity contribution in [3.8, 4) is 0 Å². The normalized spacial score (nSPS) is 25.0. The molecule has 0 saturated carbocycles. The average Bonchev–Trinajstić information content (AvgIpc) is 2.39. The second kappa shape index (κ2) is 5.35. The Morgan fingerprint density at radius 3 is 2.59 bits per heavy atom. The summed E-state index contributed by atoms with van der Waals surface area (Å²) in [4.78, 5) is 13.0. The molecule has 1 amide bonds. The van der Waals surface area contributed by atoms with Crippen molar-refractivity contribution in [3.63, 3.8) is 0 Å². The Kier molecular flexibility index (Phi) is 3.82. The zero-order valence-corrected chi connectivity index (χ0v) is 10.7. The molecule has 0 aliphatic carbocycles. The summed E-state index contributed by atoms with van der Waals surface area (Å²) in [5.74, 6) is 1.14. The molecule has 1 aliphatic rings. The Morgan fingerprint density at radius 2 is 2.00 bits per heavy atom. The molecule has 1 aromatic rings. The number of nitrogens with zero attached hydrogens (tertiary/aromatic N) is 1. The van der Waals surface area contributed by atoms with Crippen LogP contribution in [0.4, 0.5) is 0 Å². The van der Waals surface area contributed by atoms with Crippen molar-refractivity contribution in [2.24, 2.45) is 5.92 Å². The molecule has 1 aromatic carbocycles. The van der Waals surface area contributed by atoms with E-state index in [2.05, 4.69) is 44.2 Å². The lowest BCUT2D eigenvalue weighted by molar-refractivity contribution is -0.122. The molecule has 2 atom stereocenters. The fourth-order valence-corrected chi connectivity index (χ4v) is 2.83. The Morgan fingerprint density at radius 1 is 1.29 bits per heavy atom. The Labute approximate surface area is 104 Å². The lowest BCUT2D eigenvalue weighted by Crippen LogP contribution is -2.43. The number of carbonyl (C=O) groups excluding carboxylic acids is 1. The highest BCUT2D eigenvalue weighted by molar-refractivity contribution is 5.48. The van der Waals surface area contributed by atoms with E-state index < -0.39 is 0 Å². The molecule has 0 N–H and O–H groups in total. The molecule has 2 nitrogen and oxygen atoms in total. The van der Waals surface area contributed by atoms with Gasteiger partial charge in [0.2, 0.25) is 6.41 Å². The number of rotatable bonds is 3. The van der Waals surface area contributed by atoms with Crippen LogP contribution in [0.3, 0.4) is 0 Å². The van der Waals surface area contributed by atoms with E-state index in [4.69, 9.17) is 0 Å². The molecule has 0 aromatic heterocycles. The van der Waals surface area contributed by atoms with E-state index in [1.165, 1.54) is 5.56 Å². The number of piperidine rings is 1. The molecule has 1 fully saturated rings. The van der Waals surface area contributed by atoms with Crippen molar-refractivity contribution in [3.05, 3.63) is 35.9 Å². The van der Waals surface area contributed by atoms with Crippen molar-refractivity contribution >= 4 is 6.41 Å². The molecule has 1 heterocycles. The zero-order valence-electron chi connectivity index (χ0n) is 10.7. The fraction of sp³-hybridized carbons (Fsp3) is 0.533. The van der Waals surface area contributed by atoms with Crippen LogP contribution in [-0.4, -0.2) is 23.9 Å². The zero-order chi connectivity index (χ0) is 12.3. The monoisotopic (exact) mass is 231 g/mol. The summed E-state index contributed by atoms with van der Waals surface area (Å²) in [5, 5.41) is 0. The first kappa shape index (κ1) is 12.2. The molecule has 2 unspecified atom stereocenters. The molecule has 2 heteroatoms. The predicted molar refractivity (Wildman–Crippen MR) is 69.8 cm³/mol. The smallest absolute Gasteiger partial charge is 0.209 e. The minimum Gasteiger partial charge on any atom is -0.342 e. The minimum atomic E-state index is 0.395. The Hall–Kier alpha value is -1.31. The van der Waals surface area contributed by atoms with Crippen LogP contribution in [-0.2, 0) is 4.79 Å². The molecular weight excluding hydrogens is 210 g/mol. The maximum Gasteiger partial charge on any atom is 0.209 e. The molecule has 0 radical (unpaired) electrons. The highest BCUT2D eigenvalue weighted by atomic mass is 16.1. The van der Waals surface area contributed by atoms with Gasteiger partial charge in [0.25, 0.3) is 0 Å². The standard InChI is InChI=1S/C15H21NO/c1-12(2)15-10-14(8-9-16(15)11-17)13-6-4-3-5-7-13/h3-7,11-12,14-15H,8-10H2,1-2H3. The third kappa shape index (κ3) is 2.68. The fourth-order valence-electron chi connectivity index (χ4n) is 2.83. The van der Waals surface area contributed by atoms with Crippen LogP contribution < -0.4 is 0 Å². The first-order chi connectivity index (χ1) is 8.22. The highest BCUT2D eigenvalue weighted by Gasteiger charge is 2.30. The van der Waals surface area contributed by atoms with E-state index in [0.29, 0.717) is 17.9 Å². The molecule has 1 aliphatic heterocycles. The second-order valence-corrected chi connectivity index (χ2v) is 5.29. The van der Waals surface area contributed by atoms with E-state index in [9.17, 15) is 4.79 Å². The summed E-state index contributed by atoms with van der Waals surface area (Å²) in [6, 6.07) is 11.1. The molecule has 2 rings (SSSR count). The first-order valence-corrected chi connectivity index (χ1v) is 6.48. The van der Waals surface area contributed by atoms with Gasteiger partial charge in [0.05, 0.1) is 0 Å². The summed E-state index contributed by atoms with van der Waals surface area (Å²) in [5.41, 5.74) is 1.42. The molecule has 0 spiro atoms. The van der Waals surface area contributed by atoms with Gasteiger partial charge >= 0.3 is 0 Å². The highest BCUT2D eigenvalue weighted by Crippen LogP contribution is 2.33. The van der Waals surface area contributed by atoms with E-state index >= 15 is 0 Å². The van der Waals surface area contributed by atoms with Crippen molar-refractivity contribution in [2.45, 2.75) is 38.6 Å². The van der Waals surface area contributed by atoms with Crippen molar-refractivity contribution in [1.29, 1.82) is 0 Å². The summed E-state index contributed by atoms with van der Waals surface area (Å²) >= 11 is 0. The van der Waals surface area contributed by atoms with E-state index in [1.54, 1.807) is 0 Å². The van der Waals surface area contributed by atoms with Gasteiger partial charge in [-0.1, -0.05) is 44.2 Å². The maximum atomic E-state index is 11.0. The number of hydrogen-bond donors (Lipinski definition) is 0. The molecular formula is C15H21NO. The van der Waals surface area contributed by atoms with Gasteiger partial charge in [-0.15, -0.1) is 0 Å². The predicted octanol–water partition coefficient (Wildman–Crippen LogP) is 3.05. The van der Waals surface area contributed by atoms with Gasteiger partial charge in [-0.3, -0.25) is 4.79 Å². The molecule has 1 saturated heterocycles. The van der Waals surface area contributed by atoms with E-state index in [0.717, 1.165) is 25.8 Å². The lowest BCUT2D eigenvalue weighted by atomic mass is 9.82. The first-order valence-electron chi connectivity index (χ1n) is 6.48. The van der Waals surface area contributed by atoms with Gasteiger partial charge in [0.1, 0.15) is 0 Å². The maximum absolute atomic E-state index is 11.0.